The van der Waals surface area contributed by atoms with Gasteiger partial charge in [-0.3, -0.25) is 0 Å². The van der Waals surface area contributed by atoms with E-state index in [0.717, 1.165) is 39.0 Å². The van der Waals surface area contributed by atoms with Crippen LogP contribution in [0, 0.1) is 0 Å². The molecule has 7 heteroatoms. The average molecular weight is 734 g/mol. The fraction of sp³-hybridized carbons (Fsp3) is 0.450. The third-order valence-electron chi connectivity index (χ3n) is 10.2. The molecule has 0 N–H and O–H groups in total. The van der Waals surface area contributed by atoms with Gasteiger partial charge in [0.2, 0.25) is 0 Å². The van der Waals surface area contributed by atoms with Gasteiger partial charge in [0.1, 0.15) is 0 Å². The van der Waals surface area contributed by atoms with E-state index < -0.39 is 13.7 Å². The second-order valence-corrected chi connectivity index (χ2v) is 21.6. The first-order chi connectivity index (χ1) is 22.2. The predicted molar refractivity (Wildman–Crippen MR) is 211 cm³/mol. The minimum absolute atomic E-state index is 0. The minimum Gasteiger partial charge on any atom is -0.147 e. The molecular weight excluding hydrogens is 680 g/mol. The quantitative estimate of drug-likeness (QED) is 0.0848. The molecule has 2 heterocycles. The Kier molecular flexibility index (Phi) is 14.5. The molecule has 2 aliphatic rings. The number of benzene rings is 4. The molecule has 4 nitrogen and oxygen atoms in total. The molecule has 0 saturated heterocycles. The zero-order valence-corrected chi connectivity index (χ0v) is 32.2. The molecule has 0 bridgehead atoms. The summed E-state index contributed by atoms with van der Waals surface area (Å²) in [6, 6.07) is 31.4. The maximum Gasteiger partial charge on any atom is -0.147 e. The summed E-state index contributed by atoms with van der Waals surface area (Å²) in [7, 11) is 0. The van der Waals surface area contributed by atoms with Gasteiger partial charge in [0.25, 0.3) is 0 Å². The van der Waals surface area contributed by atoms with Gasteiger partial charge in [0.05, 0.1) is 0 Å². The van der Waals surface area contributed by atoms with Gasteiger partial charge in [-0.2, -0.15) is 0 Å². The molecule has 0 unspecified atom stereocenters. The first-order valence-corrected chi connectivity index (χ1v) is 22.6. The van der Waals surface area contributed by atoms with E-state index in [-0.39, 0.29) is 24.8 Å². The Balaban J connectivity index is 0.00000250. The van der Waals surface area contributed by atoms with Crippen molar-refractivity contribution in [1.29, 1.82) is 0 Å². The van der Waals surface area contributed by atoms with Crippen LogP contribution in [0.3, 0.4) is 0 Å². The third kappa shape index (κ3) is 8.55. The maximum atomic E-state index is 5.32. The summed E-state index contributed by atoms with van der Waals surface area (Å²) in [4.78, 5) is 10.6. The van der Waals surface area contributed by atoms with Gasteiger partial charge in [-0.1, -0.05) is 0 Å². The van der Waals surface area contributed by atoms with Crippen LogP contribution in [-0.2, 0) is 12.8 Å². The molecule has 252 valence electrons. The number of rotatable bonds is 16. The Bertz CT molecular complexity index is 1510. The molecule has 47 heavy (non-hydrogen) atoms. The molecule has 2 aliphatic heterocycles. The van der Waals surface area contributed by atoms with E-state index >= 15 is 0 Å². The van der Waals surface area contributed by atoms with E-state index in [0.29, 0.717) is 0 Å². The summed E-state index contributed by atoms with van der Waals surface area (Å²) in [6.45, 7) is 8.70. The first kappa shape index (κ1) is 37.3. The summed E-state index contributed by atoms with van der Waals surface area (Å²) in [6.07, 6.45) is 12.4. The fourth-order valence-electron chi connectivity index (χ4n) is 7.90. The summed E-state index contributed by atoms with van der Waals surface area (Å²) in [5.41, 5.74) is 2.83. The van der Waals surface area contributed by atoms with Gasteiger partial charge in [-0.15, -0.1) is 24.8 Å². The smallest absolute Gasteiger partial charge is 0.147 e. The second-order valence-electron chi connectivity index (χ2n) is 13.1. The second kappa shape index (κ2) is 18.3. The van der Waals surface area contributed by atoms with Crippen LogP contribution in [0.2, 0.25) is 10.5 Å². The van der Waals surface area contributed by atoms with Crippen LogP contribution in [0.25, 0.3) is 21.5 Å². The minimum atomic E-state index is -2.93. The molecule has 0 aromatic heterocycles. The van der Waals surface area contributed by atoms with Crippen LogP contribution in [0.1, 0.15) is 76.3 Å². The van der Waals surface area contributed by atoms with Gasteiger partial charge >= 0.3 is 275 Å². The fourth-order valence-corrected chi connectivity index (χ4v) is 19.5. The molecule has 0 fully saturated rings. The summed E-state index contributed by atoms with van der Waals surface area (Å²) < 4.78 is 5.92. The van der Waals surface area contributed by atoms with E-state index in [4.69, 9.17) is 9.98 Å². The van der Waals surface area contributed by atoms with Gasteiger partial charge < -0.3 is 0 Å². The topological polar surface area (TPSA) is 31.2 Å². The number of hydrogen-bond acceptors (Lipinski definition) is 4. The number of aliphatic imine (C=N–C) groups is 2. The van der Waals surface area contributed by atoms with Crippen LogP contribution in [0.5, 0.6) is 0 Å². The molecule has 0 saturated carbocycles. The normalized spacial score (nSPS) is 14.7. The standard InChI is InChI=1S/C40H52GeN4.2ClH/c1-3-5-7-13-25-41(26-14-8-6-4-2,44-29-27-42-39(44)31-35-21-15-19-33-17-9-11-23-37(33)35)45-30-28-43-40(45)32-36-22-16-20-34-18-10-12-24-38(34)36;;/h9-12,15-24H,3-8,13-14,25-32H2,1-2H3;2*1H. The molecular formula is C40H54Cl2GeN4. The van der Waals surface area contributed by atoms with Crippen LogP contribution in [-0.4, -0.2) is 59.3 Å². The number of unbranched alkanes of at least 4 members (excludes halogenated alkanes) is 6. The third-order valence-corrected chi connectivity index (χ3v) is 21.3. The first-order valence-electron chi connectivity index (χ1n) is 17.8. The number of nitrogens with zero attached hydrogens (tertiary/aromatic N) is 4. The summed E-state index contributed by atoms with van der Waals surface area (Å²) >= 11 is -2.93. The monoisotopic (exact) mass is 734 g/mol. The van der Waals surface area contributed by atoms with E-state index in [1.807, 2.05) is 0 Å². The van der Waals surface area contributed by atoms with E-state index in [1.54, 1.807) is 0 Å². The molecule has 4 aromatic rings. The number of fused-ring (bicyclic) bond motifs is 2. The van der Waals surface area contributed by atoms with E-state index in [9.17, 15) is 0 Å². The molecule has 0 aliphatic carbocycles. The van der Waals surface area contributed by atoms with Crippen molar-refractivity contribution < 1.29 is 0 Å². The van der Waals surface area contributed by atoms with Crippen molar-refractivity contribution in [2.45, 2.75) is 88.6 Å². The van der Waals surface area contributed by atoms with Crippen molar-refractivity contribution in [1.82, 2.24) is 7.71 Å². The number of amidine groups is 2. The average Bonchev–Trinajstić information content (AvgIpc) is 3.75. The van der Waals surface area contributed by atoms with Crippen molar-refractivity contribution in [3.05, 3.63) is 96.1 Å². The van der Waals surface area contributed by atoms with Crippen molar-refractivity contribution in [3.8, 4) is 0 Å². The molecule has 6 rings (SSSR count). The van der Waals surface area contributed by atoms with Crippen molar-refractivity contribution in [2.75, 3.05) is 26.2 Å². The number of halogens is 2. The molecule has 0 radical (unpaired) electrons. The Hall–Kier alpha value is -2.54. The van der Waals surface area contributed by atoms with Crippen LogP contribution >= 0.6 is 24.8 Å². The largest absolute Gasteiger partial charge is 0.147 e. The van der Waals surface area contributed by atoms with E-state index in [1.165, 1.54) is 106 Å². The van der Waals surface area contributed by atoms with Gasteiger partial charge in [0, 0.05) is 0 Å². The SMILES string of the molecule is CCCCC[CH2][Ge]([CH2]CCCCC)([N]1CCN=C1Cc1cccc2ccccc12)[N]1CCN=C1Cc1cccc2ccccc12.Cl.Cl. The van der Waals surface area contributed by atoms with Crippen LogP contribution in [0.4, 0.5) is 0 Å². The van der Waals surface area contributed by atoms with Crippen molar-refractivity contribution >= 4 is 71.7 Å². The van der Waals surface area contributed by atoms with Gasteiger partial charge in [-0.25, -0.2) is 0 Å². The van der Waals surface area contributed by atoms with Gasteiger partial charge in [-0.05, 0) is 0 Å². The molecule has 0 amide bonds. The van der Waals surface area contributed by atoms with Crippen LogP contribution in [0.15, 0.2) is 94.9 Å². The summed E-state index contributed by atoms with van der Waals surface area (Å²) in [5.74, 6) is 2.71. The van der Waals surface area contributed by atoms with Crippen molar-refractivity contribution in [2.24, 2.45) is 9.98 Å². The molecule has 0 spiro atoms. The number of hydrogen-bond donors (Lipinski definition) is 0. The van der Waals surface area contributed by atoms with Crippen molar-refractivity contribution in [3.63, 3.8) is 0 Å². The van der Waals surface area contributed by atoms with Crippen LogP contribution < -0.4 is 0 Å². The molecule has 0 atom stereocenters. The van der Waals surface area contributed by atoms with Gasteiger partial charge in [0.15, 0.2) is 0 Å². The maximum absolute atomic E-state index is 5.32. The zero-order chi connectivity index (χ0) is 30.9. The Morgan fingerprint density at radius 1 is 0.532 bits per heavy atom. The Morgan fingerprint density at radius 2 is 0.957 bits per heavy atom. The predicted octanol–water partition coefficient (Wildman–Crippen LogP) is 10.7. The molecule has 4 aromatic carbocycles. The van der Waals surface area contributed by atoms with E-state index in [2.05, 4.69) is 106 Å². The Labute approximate surface area is 298 Å². The summed E-state index contributed by atoms with van der Waals surface area (Å²) in [5, 5.41) is 8.12. The Morgan fingerprint density at radius 3 is 1.40 bits per heavy atom. The zero-order valence-electron chi connectivity index (χ0n) is 28.5.